The smallest absolute Gasteiger partial charge is 0.337 e. The van der Waals surface area contributed by atoms with Crippen LogP contribution in [0.5, 0.6) is 0 Å². The molecule has 27 heavy (non-hydrogen) atoms. The van der Waals surface area contributed by atoms with Crippen molar-refractivity contribution in [2.75, 3.05) is 13.2 Å². The normalized spacial score (nSPS) is 23.7. The molecule has 0 saturated carbocycles. The lowest BCUT2D eigenvalue weighted by Crippen LogP contribution is -2.49. The predicted molar refractivity (Wildman–Crippen MR) is 98.9 cm³/mol. The van der Waals surface area contributed by atoms with Gasteiger partial charge in [-0.15, -0.1) is 0 Å². The first-order chi connectivity index (χ1) is 12.8. The van der Waals surface area contributed by atoms with Crippen LogP contribution in [0.15, 0.2) is 0 Å². The van der Waals surface area contributed by atoms with Gasteiger partial charge in [-0.25, -0.2) is 9.59 Å². The topological polar surface area (TPSA) is 112 Å². The van der Waals surface area contributed by atoms with Crippen LogP contribution in [-0.2, 0) is 28.5 Å². The second-order valence-electron chi connectivity index (χ2n) is 6.22. The maximum atomic E-state index is 11.5. The Labute approximate surface area is 162 Å². The van der Waals surface area contributed by atoms with Gasteiger partial charge in [0, 0.05) is 0 Å². The molecule has 1 saturated heterocycles. The Kier molecular flexibility index (Phi) is 14.1. The zero-order valence-corrected chi connectivity index (χ0v) is 17.2. The third-order valence-electron chi connectivity index (χ3n) is 3.91. The molecule has 1 rings (SSSR count). The molecule has 0 amide bonds. The summed E-state index contributed by atoms with van der Waals surface area (Å²) in [6, 6.07) is 0. The minimum atomic E-state index is -1.66. The molecule has 2 N–H and O–H groups in total. The minimum Gasteiger partial charge on any atom is -0.464 e. The van der Waals surface area contributed by atoms with Gasteiger partial charge in [-0.3, -0.25) is 0 Å². The van der Waals surface area contributed by atoms with Gasteiger partial charge in [0.15, 0.2) is 18.5 Å². The van der Waals surface area contributed by atoms with Crippen LogP contribution in [0.2, 0.25) is 0 Å². The maximum Gasteiger partial charge on any atom is 0.337 e. The van der Waals surface area contributed by atoms with E-state index in [2.05, 4.69) is 23.3 Å². The monoisotopic (exact) mass is 392 g/mol. The molecule has 0 spiro atoms. The lowest BCUT2D eigenvalue weighted by Gasteiger charge is -2.23. The molecule has 8 nitrogen and oxygen atoms in total. The fraction of sp³-hybridized carbons (Fsp3) is 0.895. The average molecular weight is 392 g/mol. The van der Waals surface area contributed by atoms with Crippen molar-refractivity contribution in [1.82, 2.24) is 0 Å². The lowest BCUT2D eigenvalue weighted by molar-refractivity contribution is -0.167. The highest BCUT2D eigenvalue weighted by Gasteiger charge is 2.48. The number of carbonyl (C=O) groups excluding carboxylic acids is 2. The zero-order chi connectivity index (χ0) is 20.8. The highest BCUT2D eigenvalue weighted by molar-refractivity contribution is 5.77. The van der Waals surface area contributed by atoms with E-state index in [1.165, 1.54) is 39.0 Å². The molecular weight excluding hydrogens is 356 g/mol. The highest BCUT2D eigenvalue weighted by Crippen LogP contribution is 2.25. The summed E-state index contributed by atoms with van der Waals surface area (Å²) in [6.45, 7) is 9.36. The van der Waals surface area contributed by atoms with E-state index in [4.69, 9.17) is 9.47 Å². The Balaban J connectivity index is 0.000000821. The first-order valence-corrected chi connectivity index (χ1v) is 9.84. The van der Waals surface area contributed by atoms with Crippen LogP contribution in [0.25, 0.3) is 0 Å². The summed E-state index contributed by atoms with van der Waals surface area (Å²) >= 11 is 0. The van der Waals surface area contributed by atoms with Gasteiger partial charge in [0.1, 0.15) is 12.2 Å². The van der Waals surface area contributed by atoms with Gasteiger partial charge in [-0.05, 0) is 20.8 Å². The number of carbonyl (C=O) groups is 2. The Morgan fingerprint density at radius 3 is 1.48 bits per heavy atom. The molecule has 0 aromatic heterocycles. The SMILES string of the molecule is CCCCCCC.CCOC(=O)[C@@H](O)[C@@H]1OC(C)O[C@@H]1[C@@H](O)C(=O)OCC. The van der Waals surface area contributed by atoms with Crippen molar-refractivity contribution in [1.29, 1.82) is 0 Å². The molecule has 0 bridgehead atoms. The molecule has 1 heterocycles. The van der Waals surface area contributed by atoms with Crippen molar-refractivity contribution in [2.24, 2.45) is 0 Å². The van der Waals surface area contributed by atoms with Crippen molar-refractivity contribution in [3.8, 4) is 0 Å². The van der Waals surface area contributed by atoms with Crippen molar-refractivity contribution in [2.45, 2.75) is 97.4 Å². The lowest BCUT2D eigenvalue weighted by atomic mass is 10.0. The van der Waals surface area contributed by atoms with Crippen molar-refractivity contribution in [3.05, 3.63) is 0 Å². The quantitative estimate of drug-likeness (QED) is 0.429. The Hall–Kier alpha value is -1.22. The minimum absolute atomic E-state index is 0.0874. The van der Waals surface area contributed by atoms with Crippen LogP contribution < -0.4 is 0 Å². The summed E-state index contributed by atoms with van der Waals surface area (Å²) in [4.78, 5) is 23.0. The molecule has 1 aliphatic rings. The largest absolute Gasteiger partial charge is 0.464 e. The van der Waals surface area contributed by atoms with Gasteiger partial charge in [-0.2, -0.15) is 0 Å². The molecule has 0 aromatic rings. The third-order valence-corrected chi connectivity index (χ3v) is 3.91. The van der Waals surface area contributed by atoms with E-state index < -0.39 is 42.6 Å². The molecule has 0 radical (unpaired) electrons. The van der Waals surface area contributed by atoms with Crippen molar-refractivity contribution >= 4 is 11.9 Å². The van der Waals surface area contributed by atoms with Crippen molar-refractivity contribution in [3.63, 3.8) is 0 Å². The van der Waals surface area contributed by atoms with E-state index in [0.29, 0.717) is 0 Å². The van der Waals surface area contributed by atoms with E-state index in [1.807, 2.05) is 0 Å². The van der Waals surface area contributed by atoms with Gasteiger partial charge >= 0.3 is 11.9 Å². The van der Waals surface area contributed by atoms with E-state index >= 15 is 0 Å². The molecule has 1 aliphatic heterocycles. The van der Waals surface area contributed by atoms with Crippen LogP contribution in [0, 0.1) is 0 Å². The first-order valence-electron chi connectivity index (χ1n) is 9.84. The number of hydrogen-bond donors (Lipinski definition) is 2. The number of unbranched alkanes of at least 4 members (excludes halogenated alkanes) is 4. The summed E-state index contributed by atoms with van der Waals surface area (Å²) in [5, 5.41) is 19.7. The number of aliphatic hydroxyl groups is 2. The standard InChI is InChI=1S/C12H20O8.C7H16/c1-4-17-11(15)7(13)9-10(20-6(3)19-9)8(14)12(16)18-5-2;1-3-5-7-6-4-2/h6-10,13-14H,4-5H2,1-3H3;3-7H2,1-2H3/t6?,7-,8+,9-,10+;. The number of aliphatic hydroxyl groups excluding tert-OH is 2. The molecule has 160 valence electrons. The second kappa shape index (κ2) is 14.8. The van der Waals surface area contributed by atoms with E-state index in [0.717, 1.165) is 0 Å². The average Bonchev–Trinajstić information content (AvgIpc) is 3.03. The molecule has 0 aliphatic carbocycles. The molecule has 1 fully saturated rings. The molecular formula is C19H36O8. The predicted octanol–water partition coefficient (Wildman–Crippen LogP) is 1.94. The van der Waals surface area contributed by atoms with E-state index in [-0.39, 0.29) is 13.2 Å². The first kappa shape index (κ1) is 25.8. The van der Waals surface area contributed by atoms with Crippen LogP contribution in [0.3, 0.4) is 0 Å². The number of hydrogen-bond acceptors (Lipinski definition) is 8. The molecule has 0 aromatic carbocycles. The van der Waals surface area contributed by atoms with Gasteiger partial charge < -0.3 is 29.2 Å². The number of ether oxygens (including phenoxy) is 4. The van der Waals surface area contributed by atoms with Gasteiger partial charge in [0.2, 0.25) is 0 Å². The highest BCUT2D eigenvalue weighted by atomic mass is 16.7. The van der Waals surface area contributed by atoms with E-state index in [9.17, 15) is 19.8 Å². The Morgan fingerprint density at radius 1 is 0.815 bits per heavy atom. The molecule has 8 heteroatoms. The van der Waals surface area contributed by atoms with Gasteiger partial charge in [0.25, 0.3) is 0 Å². The fourth-order valence-corrected chi connectivity index (χ4v) is 2.54. The summed E-state index contributed by atoms with van der Waals surface area (Å²) in [5.74, 6) is -1.81. The van der Waals surface area contributed by atoms with Gasteiger partial charge in [0.05, 0.1) is 13.2 Å². The van der Waals surface area contributed by atoms with E-state index in [1.54, 1.807) is 13.8 Å². The van der Waals surface area contributed by atoms with Crippen LogP contribution in [0.4, 0.5) is 0 Å². The summed E-state index contributed by atoms with van der Waals surface area (Å²) in [5.41, 5.74) is 0. The van der Waals surface area contributed by atoms with Crippen LogP contribution >= 0.6 is 0 Å². The van der Waals surface area contributed by atoms with Crippen molar-refractivity contribution < 1.29 is 38.7 Å². The second-order valence-corrected chi connectivity index (χ2v) is 6.22. The number of rotatable bonds is 10. The third kappa shape index (κ3) is 9.51. The Bertz CT molecular complexity index is 379. The fourth-order valence-electron chi connectivity index (χ4n) is 2.54. The maximum absolute atomic E-state index is 11.5. The summed E-state index contributed by atoms with van der Waals surface area (Å²) in [7, 11) is 0. The van der Waals surface area contributed by atoms with Gasteiger partial charge in [-0.1, -0.05) is 46.0 Å². The molecule has 5 atom stereocenters. The summed E-state index contributed by atoms with van der Waals surface area (Å²) < 4.78 is 19.8. The number of esters is 2. The summed E-state index contributed by atoms with van der Waals surface area (Å²) in [6.07, 6.45) is 0.502. The zero-order valence-electron chi connectivity index (χ0n) is 17.2. The van der Waals surface area contributed by atoms with Crippen LogP contribution in [0.1, 0.15) is 66.7 Å². The van der Waals surface area contributed by atoms with Crippen LogP contribution in [-0.4, -0.2) is 66.1 Å². The molecule has 1 unspecified atom stereocenters. The Morgan fingerprint density at radius 2 is 1.19 bits per heavy atom.